The minimum absolute atomic E-state index is 0.0457. The Morgan fingerprint density at radius 2 is 2.15 bits per heavy atom. The SMILES string of the molecule is Cc1noc(CNC(=O)c2cccc(C(F)(F)F)c2)n1. The van der Waals surface area contributed by atoms with Gasteiger partial charge < -0.3 is 9.84 Å². The molecule has 0 fully saturated rings. The van der Waals surface area contributed by atoms with Crippen LogP contribution in [0, 0.1) is 6.92 Å². The van der Waals surface area contributed by atoms with Crippen LogP contribution < -0.4 is 5.32 Å². The molecule has 0 aliphatic rings. The molecule has 5 nitrogen and oxygen atoms in total. The number of aromatic nitrogens is 2. The fourth-order valence-corrected chi connectivity index (χ4v) is 1.51. The van der Waals surface area contributed by atoms with Crippen molar-refractivity contribution in [3.63, 3.8) is 0 Å². The molecule has 1 amide bonds. The molecule has 2 rings (SSSR count). The van der Waals surface area contributed by atoms with E-state index in [4.69, 9.17) is 4.52 Å². The van der Waals surface area contributed by atoms with Crippen LogP contribution in [0.4, 0.5) is 13.2 Å². The number of hydrogen-bond donors (Lipinski definition) is 1. The normalized spacial score (nSPS) is 11.4. The summed E-state index contributed by atoms with van der Waals surface area (Å²) in [5, 5.41) is 5.93. The monoisotopic (exact) mass is 285 g/mol. The maximum atomic E-state index is 12.5. The summed E-state index contributed by atoms with van der Waals surface area (Å²) in [5.41, 5.74) is -0.963. The lowest BCUT2D eigenvalue weighted by molar-refractivity contribution is -0.137. The van der Waals surface area contributed by atoms with E-state index in [1.165, 1.54) is 12.1 Å². The zero-order chi connectivity index (χ0) is 14.8. The maximum absolute atomic E-state index is 12.5. The minimum atomic E-state index is -4.49. The third-order valence-corrected chi connectivity index (χ3v) is 2.42. The van der Waals surface area contributed by atoms with Crippen molar-refractivity contribution < 1.29 is 22.5 Å². The summed E-state index contributed by atoms with van der Waals surface area (Å²) < 4.78 is 42.3. The number of aryl methyl sites for hydroxylation is 1. The average molecular weight is 285 g/mol. The molecule has 20 heavy (non-hydrogen) atoms. The van der Waals surface area contributed by atoms with Crippen LogP contribution in [0.3, 0.4) is 0 Å². The lowest BCUT2D eigenvalue weighted by Crippen LogP contribution is -2.23. The van der Waals surface area contributed by atoms with Gasteiger partial charge in [-0.3, -0.25) is 4.79 Å². The summed E-state index contributed by atoms with van der Waals surface area (Å²) in [7, 11) is 0. The topological polar surface area (TPSA) is 68.0 Å². The molecule has 1 heterocycles. The van der Waals surface area contributed by atoms with Crippen molar-refractivity contribution in [1.29, 1.82) is 0 Å². The Kier molecular flexibility index (Phi) is 3.73. The van der Waals surface area contributed by atoms with Gasteiger partial charge in [0.15, 0.2) is 5.82 Å². The quantitative estimate of drug-likeness (QED) is 0.939. The number of rotatable bonds is 3. The van der Waals surface area contributed by atoms with E-state index in [9.17, 15) is 18.0 Å². The Balaban J connectivity index is 2.06. The van der Waals surface area contributed by atoms with Gasteiger partial charge in [-0.1, -0.05) is 11.2 Å². The van der Waals surface area contributed by atoms with Crippen LogP contribution in [0.2, 0.25) is 0 Å². The first kappa shape index (κ1) is 14.0. The highest BCUT2D eigenvalue weighted by atomic mass is 19.4. The summed E-state index contributed by atoms with van der Waals surface area (Å²) in [4.78, 5) is 15.6. The van der Waals surface area contributed by atoms with Crippen LogP contribution in [0.5, 0.6) is 0 Å². The molecule has 0 saturated heterocycles. The van der Waals surface area contributed by atoms with Crippen LogP contribution in [0.15, 0.2) is 28.8 Å². The predicted molar refractivity (Wildman–Crippen MR) is 61.6 cm³/mol. The molecule has 0 radical (unpaired) electrons. The summed E-state index contributed by atoms with van der Waals surface area (Å²) in [5.74, 6) is -0.0527. The Hall–Kier alpha value is -2.38. The fraction of sp³-hybridized carbons (Fsp3) is 0.250. The van der Waals surface area contributed by atoms with Crippen molar-refractivity contribution in [2.75, 3.05) is 0 Å². The Bertz CT molecular complexity index is 622. The third-order valence-electron chi connectivity index (χ3n) is 2.42. The molecule has 0 bridgehead atoms. The Morgan fingerprint density at radius 3 is 2.75 bits per heavy atom. The number of alkyl halides is 3. The molecule has 0 aliphatic heterocycles. The highest BCUT2D eigenvalue weighted by Crippen LogP contribution is 2.29. The van der Waals surface area contributed by atoms with Crippen molar-refractivity contribution in [3.05, 3.63) is 47.1 Å². The number of carbonyl (C=O) groups is 1. The second kappa shape index (κ2) is 5.32. The van der Waals surface area contributed by atoms with Gasteiger partial charge >= 0.3 is 6.18 Å². The highest BCUT2D eigenvalue weighted by Gasteiger charge is 2.30. The number of benzene rings is 1. The Morgan fingerprint density at radius 1 is 1.40 bits per heavy atom. The van der Waals surface area contributed by atoms with Crippen molar-refractivity contribution in [2.24, 2.45) is 0 Å². The standard InChI is InChI=1S/C12H10F3N3O2/c1-7-17-10(20-18-7)6-16-11(19)8-3-2-4-9(5-8)12(13,14)15/h2-5H,6H2,1H3,(H,16,19). The number of nitrogens with zero attached hydrogens (tertiary/aromatic N) is 2. The minimum Gasteiger partial charge on any atom is -0.343 e. The molecular weight excluding hydrogens is 275 g/mol. The van der Waals surface area contributed by atoms with Crippen molar-refractivity contribution in [3.8, 4) is 0 Å². The molecule has 2 aromatic rings. The number of hydrogen-bond acceptors (Lipinski definition) is 4. The maximum Gasteiger partial charge on any atom is 0.416 e. The second-order valence-electron chi connectivity index (χ2n) is 4.00. The molecule has 1 N–H and O–H groups in total. The summed E-state index contributed by atoms with van der Waals surface area (Å²) in [6, 6.07) is 4.16. The zero-order valence-corrected chi connectivity index (χ0v) is 10.4. The highest BCUT2D eigenvalue weighted by molar-refractivity contribution is 5.94. The first-order valence-corrected chi connectivity index (χ1v) is 5.61. The van der Waals surface area contributed by atoms with Gasteiger partial charge in [-0.15, -0.1) is 0 Å². The van der Waals surface area contributed by atoms with Gasteiger partial charge in [0.05, 0.1) is 12.1 Å². The molecule has 106 valence electrons. The molecular formula is C12H10F3N3O2. The number of halogens is 3. The first-order chi connectivity index (χ1) is 9.36. The van der Waals surface area contributed by atoms with E-state index in [0.29, 0.717) is 5.82 Å². The van der Waals surface area contributed by atoms with Crippen LogP contribution in [-0.2, 0) is 12.7 Å². The predicted octanol–water partition coefficient (Wildman–Crippen LogP) is 2.33. The van der Waals surface area contributed by atoms with Gasteiger partial charge in [0.1, 0.15) is 0 Å². The molecule has 0 saturated carbocycles. The lowest BCUT2D eigenvalue weighted by atomic mass is 10.1. The van der Waals surface area contributed by atoms with Gasteiger partial charge in [-0.05, 0) is 25.1 Å². The largest absolute Gasteiger partial charge is 0.416 e. The average Bonchev–Trinajstić information content (AvgIpc) is 2.81. The van der Waals surface area contributed by atoms with Gasteiger partial charge in [0, 0.05) is 5.56 Å². The van der Waals surface area contributed by atoms with Crippen LogP contribution in [-0.4, -0.2) is 16.0 Å². The smallest absolute Gasteiger partial charge is 0.343 e. The first-order valence-electron chi connectivity index (χ1n) is 5.61. The van der Waals surface area contributed by atoms with Crippen molar-refractivity contribution in [2.45, 2.75) is 19.6 Å². The van der Waals surface area contributed by atoms with Crippen LogP contribution >= 0.6 is 0 Å². The van der Waals surface area contributed by atoms with E-state index in [-0.39, 0.29) is 18.0 Å². The van der Waals surface area contributed by atoms with Gasteiger partial charge in [-0.2, -0.15) is 18.2 Å². The summed E-state index contributed by atoms with van der Waals surface area (Å²) in [6.07, 6.45) is -4.49. The number of amides is 1. The zero-order valence-electron chi connectivity index (χ0n) is 10.4. The van der Waals surface area contributed by atoms with E-state index < -0.39 is 17.6 Å². The van der Waals surface area contributed by atoms with E-state index >= 15 is 0 Å². The van der Waals surface area contributed by atoms with Crippen molar-refractivity contribution >= 4 is 5.91 Å². The molecule has 0 aliphatic carbocycles. The van der Waals surface area contributed by atoms with Crippen LogP contribution in [0.25, 0.3) is 0 Å². The van der Waals surface area contributed by atoms with Crippen molar-refractivity contribution in [1.82, 2.24) is 15.5 Å². The molecule has 0 unspecified atom stereocenters. The molecule has 8 heteroatoms. The fourth-order valence-electron chi connectivity index (χ4n) is 1.51. The van der Waals surface area contributed by atoms with Gasteiger partial charge in [0.2, 0.25) is 5.89 Å². The third kappa shape index (κ3) is 3.34. The summed E-state index contributed by atoms with van der Waals surface area (Å²) >= 11 is 0. The number of nitrogens with one attached hydrogen (secondary N) is 1. The molecule has 1 aromatic carbocycles. The molecule has 0 atom stereocenters. The Labute approximate surface area is 111 Å². The molecule has 0 spiro atoms. The molecule has 1 aromatic heterocycles. The van der Waals surface area contributed by atoms with E-state index in [1.807, 2.05) is 0 Å². The van der Waals surface area contributed by atoms with Gasteiger partial charge in [0.25, 0.3) is 5.91 Å². The van der Waals surface area contributed by atoms with Crippen LogP contribution in [0.1, 0.15) is 27.6 Å². The van der Waals surface area contributed by atoms with E-state index in [0.717, 1.165) is 12.1 Å². The van der Waals surface area contributed by atoms with Gasteiger partial charge in [-0.25, -0.2) is 0 Å². The lowest BCUT2D eigenvalue weighted by Gasteiger charge is -2.08. The summed E-state index contributed by atoms with van der Waals surface area (Å²) in [6.45, 7) is 1.57. The van der Waals surface area contributed by atoms with E-state index in [2.05, 4.69) is 15.5 Å². The van der Waals surface area contributed by atoms with E-state index in [1.54, 1.807) is 6.92 Å². The second-order valence-corrected chi connectivity index (χ2v) is 4.00. The number of carbonyl (C=O) groups excluding carboxylic acids is 1.